The molecule has 10 nitrogen and oxygen atoms in total. The summed E-state index contributed by atoms with van der Waals surface area (Å²) in [6, 6.07) is 9.24. The molecule has 5 rings (SSSR count). The summed E-state index contributed by atoms with van der Waals surface area (Å²) in [5.74, 6) is -6.15. The molecule has 198 valence electrons. The monoisotopic (exact) mass is 520 g/mol. The van der Waals surface area contributed by atoms with Crippen LogP contribution >= 0.6 is 0 Å². The fourth-order valence-corrected chi connectivity index (χ4v) is 6.31. The number of phenolic OH excluding ortho intramolecular Hbond substituents is 1. The third kappa shape index (κ3) is 3.37. The molecule has 1 fully saturated rings. The van der Waals surface area contributed by atoms with Crippen LogP contribution in [0.15, 0.2) is 53.3 Å². The minimum absolute atomic E-state index is 0.0268. The number of hydrogen-bond acceptors (Lipinski definition) is 9. The molecule has 0 aromatic heterocycles. The van der Waals surface area contributed by atoms with Crippen LogP contribution in [0.1, 0.15) is 17.5 Å². The van der Waals surface area contributed by atoms with Gasteiger partial charge >= 0.3 is 0 Å². The van der Waals surface area contributed by atoms with Gasteiger partial charge in [-0.15, -0.1) is 0 Å². The first-order chi connectivity index (χ1) is 17.9. The summed E-state index contributed by atoms with van der Waals surface area (Å²) in [6.45, 7) is 0. The molecule has 0 spiro atoms. The number of nitrogens with zero attached hydrogens (tertiary/aromatic N) is 1. The van der Waals surface area contributed by atoms with E-state index in [1.807, 2.05) is 18.2 Å². The zero-order valence-electron chi connectivity index (χ0n) is 21.1. The standard InChI is InChI=1S/C28H28N2O8/c1-30(2)22-17-11-13-10-16-15(12-5-4-6-14(9-12)38-3)7-8-18(31)20(16)23(32)19(13)25(34)28(17,37)26(35)21(24(22)33)27(29)36/h4-9,13,17,22,31-32,35,37H,10-11H2,1-3H3,(H2,29,36)/t13-,17-,22-,28-/m1/s1. The molecule has 2 aromatic carbocycles. The number of ketones is 2. The molecule has 10 heteroatoms. The number of phenols is 1. The number of fused-ring (bicyclic) bond motifs is 3. The molecule has 4 atom stereocenters. The second-order valence-electron chi connectivity index (χ2n) is 10.2. The number of likely N-dealkylation sites (N-methyl/N-ethyl adjacent to an activating group) is 1. The first kappa shape index (κ1) is 25.5. The number of aliphatic hydroxyl groups excluding tert-OH is 2. The highest BCUT2D eigenvalue weighted by Gasteiger charge is 2.64. The number of benzene rings is 2. The summed E-state index contributed by atoms with van der Waals surface area (Å²) in [5, 5.41) is 44.7. The van der Waals surface area contributed by atoms with Gasteiger partial charge in [0.15, 0.2) is 11.4 Å². The Hall–Kier alpha value is -4.15. The summed E-state index contributed by atoms with van der Waals surface area (Å²) in [6.07, 6.45) is 0.231. The van der Waals surface area contributed by atoms with Crippen LogP contribution in [0.25, 0.3) is 16.9 Å². The average molecular weight is 521 g/mol. The molecule has 0 saturated heterocycles. The number of hydrogen-bond donors (Lipinski definition) is 5. The second-order valence-corrected chi connectivity index (χ2v) is 10.2. The maximum atomic E-state index is 13.9. The topological polar surface area (TPSA) is 171 Å². The summed E-state index contributed by atoms with van der Waals surface area (Å²) in [7, 11) is 4.67. The quantitative estimate of drug-likeness (QED) is 0.376. The van der Waals surface area contributed by atoms with Gasteiger partial charge in [-0.05, 0) is 67.7 Å². The van der Waals surface area contributed by atoms with Gasteiger partial charge in [0.1, 0.15) is 28.6 Å². The van der Waals surface area contributed by atoms with Gasteiger partial charge in [0, 0.05) is 11.5 Å². The van der Waals surface area contributed by atoms with Crippen molar-refractivity contribution < 1.29 is 39.5 Å². The van der Waals surface area contributed by atoms with E-state index < -0.39 is 58.0 Å². The van der Waals surface area contributed by atoms with Crippen LogP contribution < -0.4 is 10.5 Å². The van der Waals surface area contributed by atoms with Crippen molar-refractivity contribution in [2.75, 3.05) is 21.2 Å². The molecule has 0 aliphatic heterocycles. The smallest absolute Gasteiger partial charge is 0.255 e. The fourth-order valence-electron chi connectivity index (χ4n) is 6.31. The summed E-state index contributed by atoms with van der Waals surface area (Å²) < 4.78 is 5.34. The Labute approximate surface area is 218 Å². The number of nitrogens with two attached hydrogens (primary N) is 1. The number of carbonyl (C=O) groups is 3. The normalized spacial score (nSPS) is 26.7. The van der Waals surface area contributed by atoms with Gasteiger partial charge in [0.05, 0.1) is 18.7 Å². The largest absolute Gasteiger partial charge is 0.508 e. The molecule has 0 heterocycles. The van der Waals surface area contributed by atoms with E-state index in [4.69, 9.17) is 10.5 Å². The lowest BCUT2D eigenvalue weighted by Gasteiger charge is -2.50. The lowest BCUT2D eigenvalue weighted by atomic mass is 9.57. The van der Waals surface area contributed by atoms with Crippen molar-refractivity contribution in [1.29, 1.82) is 0 Å². The van der Waals surface area contributed by atoms with Gasteiger partial charge in [-0.2, -0.15) is 0 Å². The zero-order chi connectivity index (χ0) is 27.7. The molecule has 2 aromatic rings. The van der Waals surface area contributed by atoms with Crippen molar-refractivity contribution >= 4 is 23.2 Å². The van der Waals surface area contributed by atoms with Crippen LogP contribution in [0.2, 0.25) is 0 Å². The third-order valence-electron chi connectivity index (χ3n) is 7.98. The maximum absolute atomic E-state index is 13.9. The number of amides is 1. The Morgan fingerprint density at radius 2 is 1.84 bits per heavy atom. The maximum Gasteiger partial charge on any atom is 0.255 e. The molecule has 3 aliphatic rings. The number of aliphatic hydroxyl groups is 3. The van der Waals surface area contributed by atoms with Crippen LogP contribution in [0.3, 0.4) is 0 Å². The zero-order valence-corrected chi connectivity index (χ0v) is 21.1. The Morgan fingerprint density at radius 1 is 1.13 bits per heavy atom. The average Bonchev–Trinajstić information content (AvgIpc) is 2.86. The lowest BCUT2D eigenvalue weighted by molar-refractivity contribution is -0.153. The number of primary amides is 1. The van der Waals surface area contributed by atoms with Crippen LogP contribution in [-0.4, -0.2) is 75.6 Å². The van der Waals surface area contributed by atoms with Gasteiger partial charge in [0.2, 0.25) is 5.78 Å². The minimum Gasteiger partial charge on any atom is -0.508 e. The van der Waals surface area contributed by atoms with Crippen molar-refractivity contribution in [2.24, 2.45) is 17.6 Å². The molecule has 3 aliphatic carbocycles. The number of methoxy groups -OCH3 is 1. The molecule has 0 bridgehead atoms. The first-order valence-electron chi connectivity index (χ1n) is 12.1. The highest BCUT2D eigenvalue weighted by atomic mass is 16.5. The first-order valence-corrected chi connectivity index (χ1v) is 12.1. The SMILES string of the molecule is COc1cccc(-c2ccc(O)c3c2C[C@@H]2C[C@@H]4[C@@H](N(C)C)C(=O)C(C(N)=O)=C(O)[C@]4(O)C(=O)C2=C3O)c1. The van der Waals surface area contributed by atoms with Crippen molar-refractivity contribution in [3.05, 3.63) is 64.4 Å². The highest BCUT2D eigenvalue weighted by molar-refractivity contribution is 6.24. The lowest BCUT2D eigenvalue weighted by Crippen LogP contribution is -2.65. The molecular weight excluding hydrogens is 492 g/mol. The van der Waals surface area contributed by atoms with Crippen LogP contribution in [0.5, 0.6) is 11.5 Å². The van der Waals surface area contributed by atoms with E-state index in [0.29, 0.717) is 16.9 Å². The molecular formula is C28H28N2O8. The summed E-state index contributed by atoms with van der Waals surface area (Å²) in [5.41, 5.74) is 3.77. The Bertz CT molecular complexity index is 1470. The number of ether oxygens (including phenoxy) is 1. The third-order valence-corrected chi connectivity index (χ3v) is 7.98. The van der Waals surface area contributed by atoms with Gasteiger partial charge in [0.25, 0.3) is 5.91 Å². The molecule has 38 heavy (non-hydrogen) atoms. The Kier molecular flexibility index (Phi) is 5.85. The molecule has 0 unspecified atom stereocenters. The van der Waals surface area contributed by atoms with Crippen molar-refractivity contribution in [1.82, 2.24) is 4.90 Å². The van der Waals surface area contributed by atoms with E-state index in [-0.39, 0.29) is 29.7 Å². The van der Waals surface area contributed by atoms with Crippen molar-refractivity contribution in [3.8, 4) is 22.6 Å². The van der Waals surface area contributed by atoms with Gasteiger partial charge in [-0.1, -0.05) is 18.2 Å². The number of carbonyl (C=O) groups excluding carboxylic acids is 3. The number of Topliss-reactive ketones (excluding diaryl/α,β-unsaturated/α-hetero) is 2. The minimum atomic E-state index is -2.66. The van der Waals surface area contributed by atoms with E-state index in [0.717, 1.165) is 5.56 Å². The van der Waals surface area contributed by atoms with E-state index in [2.05, 4.69) is 0 Å². The number of rotatable bonds is 4. The van der Waals surface area contributed by atoms with Crippen LogP contribution in [0.4, 0.5) is 0 Å². The van der Waals surface area contributed by atoms with Gasteiger partial charge in [-0.25, -0.2) is 0 Å². The molecule has 6 N–H and O–H groups in total. The van der Waals surface area contributed by atoms with Crippen molar-refractivity contribution in [3.63, 3.8) is 0 Å². The van der Waals surface area contributed by atoms with Crippen molar-refractivity contribution in [2.45, 2.75) is 24.5 Å². The van der Waals surface area contributed by atoms with Crippen LogP contribution in [-0.2, 0) is 20.8 Å². The fraction of sp³-hybridized carbons (Fsp3) is 0.321. The molecule has 0 radical (unpaired) electrons. The van der Waals surface area contributed by atoms with E-state index >= 15 is 0 Å². The second kappa shape index (κ2) is 8.71. The molecule has 1 saturated carbocycles. The van der Waals surface area contributed by atoms with E-state index in [1.54, 1.807) is 33.3 Å². The summed E-state index contributed by atoms with van der Waals surface area (Å²) in [4.78, 5) is 40.6. The van der Waals surface area contributed by atoms with E-state index in [1.165, 1.54) is 11.0 Å². The van der Waals surface area contributed by atoms with E-state index in [9.17, 15) is 34.8 Å². The summed E-state index contributed by atoms with van der Waals surface area (Å²) >= 11 is 0. The Balaban J connectivity index is 1.73. The number of aromatic hydroxyl groups is 1. The van der Waals surface area contributed by atoms with Crippen LogP contribution in [0, 0.1) is 11.8 Å². The molecule has 1 amide bonds. The van der Waals surface area contributed by atoms with Gasteiger partial charge < -0.3 is 30.9 Å². The predicted molar refractivity (Wildman–Crippen MR) is 136 cm³/mol. The highest BCUT2D eigenvalue weighted by Crippen LogP contribution is 2.53. The van der Waals surface area contributed by atoms with Gasteiger partial charge in [-0.3, -0.25) is 19.3 Å². The Morgan fingerprint density at radius 3 is 2.47 bits per heavy atom. The predicted octanol–water partition coefficient (Wildman–Crippen LogP) is 1.64.